The molecule has 3 aromatic carbocycles. The van der Waals surface area contributed by atoms with Crippen molar-refractivity contribution in [1.82, 2.24) is 64.6 Å². The van der Waals surface area contributed by atoms with Crippen molar-refractivity contribution < 1.29 is 14.4 Å². The number of nitrogens with zero attached hydrogens (tertiary/aromatic N) is 11. The number of unbranched alkanes of at least 4 members (excludes halogenated alkanes) is 3. The Morgan fingerprint density at radius 3 is 1.24 bits per heavy atom. The van der Waals surface area contributed by atoms with Gasteiger partial charge in [0.25, 0.3) is 0 Å². The number of aromatic amines is 3. The molecule has 0 saturated heterocycles. The summed E-state index contributed by atoms with van der Waals surface area (Å²) in [5.41, 5.74) is 11.1. The molecule has 0 fully saturated rings. The number of halogens is 2. The number of para-hydroxylation sites is 3. The molecule has 3 atom stereocenters. The highest BCUT2D eigenvalue weighted by Gasteiger charge is 2.26. The number of fused-ring (bicyclic) bond motifs is 6. The fraction of sp³-hybridized carbons (Fsp3) is 0.400. The van der Waals surface area contributed by atoms with Crippen LogP contribution in [0.1, 0.15) is 161 Å². The zero-order chi connectivity index (χ0) is 66.9. The number of thiazole rings is 3. The van der Waals surface area contributed by atoms with Crippen LogP contribution in [0.25, 0.3) is 32.7 Å². The quantitative estimate of drug-likeness (QED) is 0.0373. The minimum atomic E-state index is 0. The zero-order valence-corrected chi connectivity index (χ0v) is 61.1. The number of benzene rings is 3. The van der Waals surface area contributed by atoms with Crippen LogP contribution in [0.15, 0.2) is 151 Å². The molecule has 3 aliphatic heterocycles. The van der Waals surface area contributed by atoms with Crippen molar-refractivity contribution in [3.8, 4) is 0 Å². The van der Waals surface area contributed by atoms with Gasteiger partial charge in [0, 0.05) is 115 Å². The molecule has 0 saturated carbocycles. The number of anilines is 2. The van der Waals surface area contributed by atoms with Gasteiger partial charge in [-0.3, -0.25) is 28.4 Å². The van der Waals surface area contributed by atoms with Crippen LogP contribution in [0, 0.1) is 17.8 Å². The molecule has 18 nitrogen and oxygen atoms in total. The van der Waals surface area contributed by atoms with Crippen LogP contribution in [-0.2, 0) is 58.5 Å². The standard InChI is InChI=1S/2C25H29N5OS.C19H21BrN2OS.C6H9N3.ClH/c2*1-2-3-6-18(13-19-15-26-22-8-5-4-7-21(19)22)14-23(31)24-16-27-25(32-24)29-11-12-30-20(17-29)9-10-28-30;1-2-3-6-13(10-17(23)18-12-22-19(20)24-18)9-14-11-21-16-8-5-4-7-15(14)16;1-2-8-9-4-3-7-5-6(1)9;/h2*4-5,7-10,15-16,18,26H,2-3,6,11-14,17H2,1H3;4-5,7-8,11-13,21H,2-3,6,9-10H2,1H3;1-2,7H,3-5H2;1H. The number of carbonyl (C=O) groups excluding carboxylic acids is 3. The Balaban J connectivity index is 0.000000140. The number of aromatic nitrogens is 12. The predicted octanol–water partition coefficient (Wildman–Crippen LogP) is 17.3. The van der Waals surface area contributed by atoms with Crippen molar-refractivity contribution in [2.75, 3.05) is 29.4 Å². The Hall–Kier alpha value is -7.86. The lowest BCUT2D eigenvalue weighted by Crippen LogP contribution is -2.33. The third-order valence-electron chi connectivity index (χ3n) is 18.8. The van der Waals surface area contributed by atoms with Crippen molar-refractivity contribution in [2.45, 2.75) is 156 Å². The van der Waals surface area contributed by atoms with Crippen LogP contribution in [0.3, 0.4) is 0 Å². The number of rotatable bonds is 26. The number of nitrogens with one attached hydrogen (secondary N) is 4. The monoisotopic (exact) mass is 1460 g/mol. The second kappa shape index (κ2) is 35.3. The first kappa shape index (κ1) is 71.4. The van der Waals surface area contributed by atoms with Crippen LogP contribution < -0.4 is 15.1 Å². The normalized spacial score (nSPS) is 14.2. The number of hydrogen-bond donors (Lipinski definition) is 4. The predicted molar refractivity (Wildman–Crippen MR) is 404 cm³/mol. The Labute approximate surface area is 600 Å². The molecule has 0 bridgehead atoms. The van der Waals surface area contributed by atoms with E-state index in [4.69, 9.17) is 0 Å². The van der Waals surface area contributed by atoms with Gasteiger partial charge in [-0.2, -0.15) is 15.3 Å². The summed E-state index contributed by atoms with van der Waals surface area (Å²) in [6, 6.07) is 31.3. The zero-order valence-electron chi connectivity index (χ0n) is 56.2. The molecule has 23 heteroatoms. The number of carbonyl (C=O) groups is 3. The van der Waals surface area contributed by atoms with Gasteiger partial charge in [0.2, 0.25) is 0 Å². The van der Waals surface area contributed by atoms with Crippen molar-refractivity contribution in [2.24, 2.45) is 17.8 Å². The summed E-state index contributed by atoms with van der Waals surface area (Å²) in [6.45, 7) is 14.7. The average Bonchev–Trinajstić information content (AvgIpc) is 1.76. The van der Waals surface area contributed by atoms with Crippen molar-refractivity contribution in [1.29, 1.82) is 0 Å². The van der Waals surface area contributed by atoms with Gasteiger partial charge >= 0.3 is 0 Å². The largest absolute Gasteiger partial charge is 0.361 e. The second-order valence-electron chi connectivity index (χ2n) is 25.7. The molecular formula is C75H89BrClN15O3S3. The summed E-state index contributed by atoms with van der Waals surface area (Å²) in [5, 5.41) is 21.8. The molecule has 0 amide bonds. The lowest BCUT2D eigenvalue weighted by Gasteiger charge is -2.27. The minimum Gasteiger partial charge on any atom is -0.361 e. The molecule has 3 aliphatic rings. The molecule has 514 valence electrons. The Kier molecular flexibility index (Phi) is 25.7. The SMILES string of the molecule is CCCCC(CC(=O)c1cnc(Br)s1)Cc1c[nH]c2ccccc12.CCCCC(CC(=O)c1cnc(N2CCn3nccc3C2)s1)Cc1c[nH]c2ccccc12.CCCCC(CC(=O)c1cnc(N2CCn3nccc3C2)s1)Cc1c[nH]c2ccccc12.Cl.c1cc2n(n1)CCNC2. The maximum absolute atomic E-state index is 13.2. The van der Waals surface area contributed by atoms with Gasteiger partial charge in [0.1, 0.15) is 0 Å². The molecule has 9 aromatic heterocycles. The lowest BCUT2D eigenvalue weighted by molar-refractivity contribution is 0.0953. The van der Waals surface area contributed by atoms with E-state index in [0.29, 0.717) is 37.0 Å². The van der Waals surface area contributed by atoms with E-state index >= 15 is 0 Å². The highest BCUT2D eigenvalue weighted by molar-refractivity contribution is 9.11. The Bertz CT molecular complexity index is 4280. The van der Waals surface area contributed by atoms with E-state index in [-0.39, 0.29) is 29.8 Å². The van der Waals surface area contributed by atoms with Gasteiger partial charge in [-0.05, 0) is 125 Å². The third-order valence-corrected chi connectivity index (χ3v) is 22.5. The summed E-state index contributed by atoms with van der Waals surface area (Å²) in [7, 11) is 0. The summed E-state index contributed by atoms with van der Waals surface area (Å²) >= 11 is 7.82. The molecule has 98 heavy (non-hydrogen) atoms. The molecule has 0 radical (unpaired) electrons. The summed E-state index contributed by atoms with van der Waals surface area (Å²) in [6.07, 6.45) is 31.8. The fourth-order valence-corrected chi connectivity index (χ4v) is 16.5. The first-order chi connectivity index (χ1) is 47.6. The summed E-state index contributed by atoms with van der Waals surface area (Å²) in [4.78, 5) is 69.2. The van der Waals surface area contributed by atoms with E-state index in [1.54, 1.807) is 18.6 Å². The van der Waals surface area contributed by atoms with Gasteiger partial charge < -0.3 is 30.1 Å². The van der Waals surface area contributed by atoms with Gasteiger partial charge in [-0.1, -0.05) is 137 Å². The van der Waals surface area contributed by atoms with Gasteiger partial charge in [0.05, 0.1) is 83.0 Å². The van der Waals surface area contributed by atoms with E-state index in [9.17, 15) is 14.4 Å². The maximum Gasteiger partial charge on any atom is 0.186 e. The topological polar surface area (TPSA) is 209 Å². The van der Waals surface area contributed by atoms with Crippen LogP contribution in [0.5, 0.6) is 0 Å². The van der Waals surface area contributed by atoms with Crippen molar-refractivity contribution in [3.63, 3.8) is 0 Å². The van der Waals surface area contributed by atoms with Crippen molar-refractivity contribution >= 4 is 123 Å². The minimum absolute atomic E-state index is 0. The number of hydrogen-bond acceptors (Lipinski definition) is 15. The Morgan fingerprint density at radius 2 is 0.857 bits per heavy atom. The van der Waals surface area contributed by atoms with E-state index in [2.05, 4.69) is 194 Å². The molecule has 0 spiro atoms. The highest BCUT2D eigenvalue weighted by atomic mass is 79.9. The van der Waals surface area contributed by atoms with Crippen LogP contribution in [-0.4, -0.2) is 96.2 Å². The van der Waals surface area contributed by atoms with E-state index < -0.39 is 0 Å². The van der Waals surface area contributed by atoms with Crippen molar-refractivity contribution in [3.05, 3.63) is 199 Å². The number of ketones is 3. The maximum atomic E-state index is 13.2. The fourth-order valence-electron chi connectivity index (χ4n) is 13.5. The first-order valence-electron chi connectivity index (χ1n) is 34.6. The molecular weight excluding hydrogens is 1370 g/mol. The number of H-pyrrole nitrogens is 3. The third kappa shape index (κ3) is 18.5. The Morgan fingerprint density at radius 1 is 0.480 bits per heavy atom. The summed E-state index contributed by atoms with van der Waals surface area (Å²) in [5.74, 6) is 1.71. The molecule has 0 aliphatic carbocycles. The molecule has 12 aromatic rings. The van der Waals surface area contributed by atoms with Crippen LogP contribution >= 0.6 is 62.3 Å². The van der Waals surface area contributed by atoms with Crippen LogP contribution in [0.2, 0.25) is 0 Å². The molecule has 3 unspecified atom stereocenters. The van der Waals surface area contributed by atoms with E-state index in [1.807, 2.05) is 44.8 Å². The smallest absolute Gasteiger partial charge is 0.186 e. The van der Waals surface area contributed by atoms with Gasteiger partial charge in [-0.25, -0.2) is 15.0 Å². The number of Topliss-reactive ketones (excluding diaryl/α,β-unsaturated/α-hetero) is 3. The summed E-state index contributed by atoms with van der Waals surface area (Å²) < 4.78 is 6.89. The average molecular weight is 1460 g/mol. The molecule has 4 N–H and O–H groups in total. The molecule has 12 heterocycles. The molecule has 15 rings (SSSR count). The van der Waals surface area contributed by atoms with E-state index in [0.717, 1.165) is 176 Å². The second-order valence-corrected chi connectivity index (χ2v) is 30.1. The lowest BCUT2D eigenvalue weighted by atomic mass is 9.89. The van der Waals surface area contributed by atoms with Crippen LogP contribution in [0.4, 0.5) is 10.3 Å². The van der Waals surface area contributed by atoms with Gasteiger partial charge in [-0.15, -0.1) is 23.7 Å². The first-order valence-corrected chi connectivity index (χ1v) is 37.8. The van der Waals surface area contributed by atoms with E-state index in [1.165, 1.54) is 89.5 Å². The highest BCUT2D eigenvalue weighted by Crippen LogP contribution is 2.34. The van der Waals surface area contributed by atoms with Gasteiger partial charge in [0.15, 0.2) is 31.5 Å².